The van der Waals surface area contributed by atoms with Gasteiger partial charge in [0.15, 0.2) is 9.79 Å². The van der Waals surface area contributed by atoms with Crippen LogP contribution in [0.3, 0.4) is 0 Å². The summed E-state index contributed by atoms with van der Waals surface area (Å²) in [6, 6.07) is 18.0. The molecule has 0 N–H and O–H groups in total. The van der Waals surface area contributed by atoms with E-state index >= 15 is 0 Å². The molecule has 0 bridgehead atoms. The molecule has 0 radical (unpaired) electrons. The van der Waals surface area contributed by atoms with Gasteiger partial charge in [-0.15, -0.1) is 0 Å². The number of allylic oxidation sites excluding steroid dienone is 2. The first-order chi connectivity index (χ1) is 12.9. The van der Waals surface area contributed by atoms with E-state index in [-0.39, 0.29) is 10.9 Å². The molecular weight excluding hydrogens is 528 g/mol. The summed E-state index contributed by atoms with van der Waals surface area (Å²) < 4.78 is 59.6. The Balaban J connectivity index is 0.000000279. The van der Waals surface area contributed by atoms with Crippen LogP contribution < -0.4 is 0 Å². The molecule has 2 aromatic carbocycles. The van der Waals surface area contributed by atoms with Gasteiger partial charge in [-0.25, -0.2) is 0 Å². The Labute approximate surface area is 169 Å². The Morgan fingerprint density at radius 3 is 1.75 bits per heavy atom. The van der Waals surface area contributed by atoms with Crippen LogP contribution in [0.25, 0.3) is 0 Å². The normalized spacial score (nSPS) is 19.6. The molecule has 0 fully saturated rings. The molecule has 1 aliphatic carbocycles. The molecule has 0 unspecified atom stereocenters. The molecule has 4 rings (SSSR count). The van der Waals surface area contributed by atoms with Crippen molar-refractivity contribution >= 4 is 42.1 Å². The summed E-state index contributed by atoms with van der Waals surface area (Å²) in [7, 11) is 0.148. The minimum absolute atomic E-state index is 0.148. The molecule has 2 aromatic rings. The van der Waals surface area contributed by atoms with E-state index in [1.54, 1.807) is 4.91 Å². The van der Waals surface area contributed by atoms with Gasteiger partial charge in [0.1, 0.15) is 4.91 Å². The van der Waals surface area contributed by atoms with Crippen LogP contribution in [0, 0.1) is 0 Å². The van der Waals surface area contributed by atoms with Crippen molar-refractivity contribution in [3.63, 3.8) is 0 Å². The fourth-order valence-corrected chi connectivity index (χ4v) is 7.12. The maximum absolute atomic E-state index is 11.2. The summed E-state index contributed by atoms with van der Waals surface area (Å²) in [4.78, 5) is 7.64. The first kappa shape index (κ1) is 22.0. The zero-order valence-corrected chi connectivity index (χ0v) is 18.9. The molecule has 28 heavy (non-hydrogen) atoms. The summed E-state index contributed by atoms with van der Waals surface area (Å²) >= 11 is -9.31. The molecule has 0 aromatic heterocycles. The van der Waals surface area contributed by atoms with Crippen LogP contribution in [0.5, 0.6) is 0 Å². The standard InChI is InChI=1S/C19H19S2.6FH.Sb/c1-2-4-10-15(9-3-1)21-18-13-7-5-11-16(18)20-17-12-6-8-14-19(17)21;;;;;;;/h5-9,11-14H,1-4,10H2;6*1H;/q+1;;;;;;;+5/p-6. The third kappa shape index (κ3) is 6.96. The first-order valence-electron chi connectivity index (χ1n) is 8.74. The van der Waals surface area contributed by atoms with Crippen molar-refractivity contribution in [2.45, 2.75) is 51.7 Å². The number of fused-ring (bicyclic) bond motifs is 2. The summed E-state index contributed by atoms with van der Waals surface area (Å²) in [6.07, 6.45) is 9.17. The molecule has 0 saturated heterocycles. The van der Waals surface area contributed by atoms with E-state index < -0.39 is 19.5 Å². The van der Waals surface area contributed by atoms with E-state index in [0.29, 0.717) is 0 Å². The van der Waals surface area contributed by atoms with E-state index in [1.165, 1.54) is 51.7 Å². The number of rotatable bonds is 1. The van der Waals surface area contributed by atoms with Gasteiger partial charge in [-0.05, 0) is 49.6 Å². The summed E-state index contributed by atoms with van der Waals surface area (Å²) in [5, 5.41) is 0. The third-order valence-electron chi connectivity index (χ3n) is 4.12. The van der Waals surface area contributed by atoms with Crippen molar-refractivity contribution in [3.05, 3.63) is 59.5 Å². The zero-order valence-electron chi connectivity index (χ0n) is 14.8. The van der Waals surface area contributed by atoms with Crippen molar-refractivity contribution < 1.29 is 16.9 Å². The van der Waals surface area contributed by atoms with Gasteiger partial charge in [-0.2, -0.15) is 0 Å². The van der Waals surface area contributed by atoms with Crippen LogP contribution in [0.15, 0.2) is 79.1 Å². The van der Waals surface area contributed by atoms with Gasteiger partial charge < -0.3 is 0 Å². The average molecular weight is 547 g/mol. The molecule has 0 amide bonds. The van der Waals surface area contributed by atoms with Crippen molar-refractivity contribution in [2.24, 2.45) is 0 Å². The van der Waals surface area contributed by atoms with Gasteiger partial charge in [0.25, 0.3) is 0 Å². The summed E-state index contributed by atoms with van der Waals surface area (Å²) in [6.45, 7) is 0. The second-order valence-corrected chi connectivity index (χ2v) is 15.1. The predicted molar refractivity (Wildman–Crippen MR) is 104 cm³/mol. The van der Waals surface area contributed by atoms with Gasteiger partial charge >= 0.3 is 36.4 Å². The molecule has 1 heterocycles. The van der Waals surface area contributed by atoms with Gasteiger partial charge in [0.2, 0.25) is 0 Å². The van der Waals surface area contributed by atoms with E-state index in [0.717, 1.165) is 0 Å². The monoisotopic (exact) mass is 546 g/mol. The molecule has 1 aliphatic heterocycles. The summed E-state index contributed by atoms with van der Waals surface area (Å²) in [5.41, 5.74) is 0. The average Bonchev–Trinajstić information content (AvgIpc) is 2.86. The van der Waals surface area contributed by atoms with Gasteiger partial charge in [0, 0.05) is 6.42 Å². The first-order valence-corrected chi connectivity index (χ1v) is 16.6. The molecule has 2 aliphatic rings. The van der Waals surface area contributed by atoms with Crippen LogP contribution in [-0.2, 0) is 10.9 Å². The van der Waals surface area contributed by atoms with E-state index in [1.807, 2.05) is 11.8 Å². The maximum atomic E-state index is 9.93. The van der Waals surface area contributed by atoms with E-state index in [9.17, 15) is 16.9 Å². The Kier molecular flexibility index (Phi) is 5.90. The number of hydrogen-bond acceptors (Lipinski definition) is 1. The van der Waals surface area contributed by atoms with Gasteiger partial charge in [-0.1, -0.05) is 42.4 Å². The predicted octanol–water partition coefficient (Wildman–Crippen LogP) is 8.18. The fraction of sp³-hybridized carbons (Fsp3) is 0.263. The van der Waals surface area contributed by atoms with Crippen LogP contribution in [-0.4, -0.2) is 19.5 Å². The molecule has 0 saturated carbocycles. The van der Waals surface area contributed by atoms with Crippen LogP contribution in [0.4, 0.5) is 16.9 Å². The topological polar surface area (TPSA) is 0 Å². The minimum atomic E-state index is -11.2. The van der Waals surface area contributed by atoms with Crippen molar-refractivity contribution in [3.8, 4) is 0 Å². The summed E-state index contributed by atoms with van der Waals surface area (Å²) in [5.74, 6) is 0. The van der Waals surface area contributed by atoms with Gasteiger partial charge in [0.05, 0.1) is 20.7 Å². The second kappa shape index (κ2) is 7.51. The van der Waals surface area contributed by atoms with Crippen molar-refractivity contribution in [1.29, 1.82) is 0 Å². The molecule has 0 atom stereocenters. The van der Waals surface area contributed by atoms with Gasteiger partial charge in [-0.3, -0.25) is 0 Å². The van der Waals surface area contributed by atoms with Crippen molar-refractivity contribution in [2.75, 3.05) is 0 Å². The van der Waals surface area contributed by atoms with Crippen molar-refractivity contribution in [1.82, 2.24) is 0 Å². The molecule has 9 heteroatoms. The quantitative estimate of drug-likeness (QED) is 0.197. The molecule has 154 valence electrons. The van der Waals surface area contributed by atoms with E-state index in [4.69, 9.17) is 0 Å². The Morgan fingerprint density at radius 1 is 0.714 bits per heavy atom. The molecule has 0 spiro atoms. The number of hydrogen-bond donors (Lipinski definition) is 0. The Bertz CT molecular complexity index is 836. The second-order valence-electron chi connectivity index (χ2n) is 6.53. The van der Waals surface area contributed by atoms with Crippen LogP contribution in [0.1, 0.15) is 32.1 Å². The third-order valence-corrected chi connectivity index (χ3v) is 8.02. The van der Waals surface area contributed by atoms with Crippen LogP contribution in [0.2, 0.25) is 0 Å². The SMILES string of the molecule is C1=C([S+]2c3ccccc3Sc3ccccc32)CCCCC1.[F][Sb-]([F])([F])([F])([F])[F]. The Morgan fingerprint density at radius 2 is 1.21 bits per heavy atom. The zero-order chi connectivity index (χ0) is 20.5. The number of benzene rings is 2. The Hall–Kier alpha value is -0.722. The molecule has 0 nitrogen and oxygen atoms in total. The molecular formula is C19H19F6S2Sb. The number of halogens is 6. The van der Waals surface area contributed by atoms with Crippen LogP contribution >= 0.6 is 11.8 Å². The fourth-order valence-electron chi connectivity index (χ4n) is 3.10. The van der Waals surface area contributed by atoms with E-state index in [2.05, 4.69) is 54.6 Å².